The normalized spacial score (nSPS) is 24.4. The summed E-state index contributed by atoms with van der Waals surface area (Å²) < 4.78 is 14.3. The highest BCUT2D eigenvalue weighted by atomic mass is 35.5. The molecule has 2 fully saturated rings. The van der Waals surface area contributed by atoms with Gasteiger partial charge in [-0.3, -0.25) is 14.4 Å². The van der Waals surface area contributed by atoms with Crippen LogP contribution >= 0.6 is 11.6 Å². The van der Waals surface area contributed by atoms with Gasteiger partial charge in [-0.25, -0.2) is 0 Å². The number of aryl methyl sites for hydroxylation is 1. The molecule has 5 rings (SSSR count). The van der Waals surface area contributed by atoms with Gasteiger partial charge in [0.05, 0.1) is 39.8 Å². The van der Waals surface area contributed by atoms with Gasteiger partial charge in [0.25, 0.3) is 5.91 Å². The standard InChI is InChI=1S/C25H34BClN4O4/c1-24(2)25(3,4)35-26(34-24)17-7-5-8-18(22(17)27)28-23(33)19-15-21-20(9-6-12-31(21)29-19)30-13-10-16(32)11-14-30/h5,7-8,15-16,20,32H,6,9-14H2,1-4H3,(H,28,33)/t20-/m1/s1. The van der Waals surface area contributed by atoms with Gasteiger partial charge >= 0.3 is 7.12 Å². The van der Waals surface area contributed by atoms with E-state index < -0.39 is 18.3 Å². The number of likely N-dealkylation sites (tertiary alicyclic amines) is 1. The van der Waals surface area contributed by atoms with E-state index in [1.54, 1.807) is 6.07 Å². The van der Waals surface area contributed by atoms with Crippen LogP contribution in [-0.4, -0.2) is 63.2 Å². The van der Waals surface area contributed by atoms with Crippen molar-refractivity contribution in [3.63, 3.8) is 0 Å². The molecule has 0 radical (unpaired) electrons. The quantitative estimate of drug-likeness (QED) is 0.626. The average Bonchev–Trinajstić information content (AvgIpc) is 3.33. The van der Waals surface area contributed by atoms with Crippen molar-refractivity contribution in [3.8, 4) is 0 Å². The summed E-state index contributed by atoms with van der Waals surface area (Å²) >= 11 is 6.72. The van der Waals surface area contributed by atoms with E-state index in [4.69, 9.17) is 20.9 Å². The molecule has 35 heavy (non-hydrogen) atoms. The van der Waals surface area contributed by atoms with Crippen molar-refractivity contribution in [2.24, 2.45) is 0 Å². The Morgan fingerprint density at radius 3 is 2.51 bits per heavy atom. The molecule has 1 atom stereocenters. The monoisotopic (exact) mass is 500 g/mol. The largest absolute Gasteiger partial charge is 0.496 e. The first-order valence-corrected chi connectivity index (χ1v) is 12.9. The van der Waals surface area contributed by atoms with Gasteiger partial charge in [-0.15, -0.1) is 0 Å². The summed E-state index contributed by atoms with van der Waals surface area (Å²) in [5.74, 6) is -0.298. The highest BCUT2D eigenvalue weighted by molar-refractivity contribution is 6.66. The number of piperidine rings is 1. The van der Waals surface area contributed by atoms with E-state index in [1.165, 1.54) is 0 Å². The van der Waals surface area contributed by atoms with Crippen molar-refractivity contribution in [2.75, 3.05) is 18.4 Å². The topological polar surface area (TPSA) is 88.9 Å². The lowest BCUT2D eigenvalue weighted by Gasteiger charge is -2.38. The Hall–Kier alpha value is -1.91. The second-order valence-electron chi connectivity index (χ2n) is 10.9. The molecule has 4 heterocycles. The summed E-state index contributed by atoms with van der Waals surface area (Å²) in [5, 5.41) is 17.8. The zero-order valence-electron chi connectivity index (χ0n) is 20.9. The second-order valence-corrected chi connectivity index (χ2v) is 11.2. The van der Waals surface area contributed by atoms with E-state index in [0.717, 1.165) is 51.0 Å². The van der Waals surface area contributed by atoms with Gasteiger partial charge in [-0.2, -0.15) is 5.10 Å². The van der Waals surface area contributed by atoms with Gasteiger partial charge in [0.2, 0.25) is 0 Å². The highest BCUT2D eigenvalue weighted by Gasteiger charge is 2.52. The van der Waals surface area contributed by atoms with E-state index in [1.807, 2.05) is 50.6 Å². The zero-order valence-corrected chi connectivity index (χ0v) is 21.6. The van der Waals surface area contributed by atoms with Crippen LogP contribution in [0.1, 0.15) is 75.6 Å². The Balaban J connectivity index is 1.34. The molecule has 0 saturated carbocycles. The fourth-order valence-corrected chi connectivity index (χ4v) is 5.39. The van der Waals surface area contributed by atoms with Crippen molar-refractivity contribution in [1.82, 2.24) is 14.7 Å². The van der Waals surface area contributed by atoms with Gasteiger partial charge in [0, 0.05) is 25.1 Å². The third-order valence-corrected chi connectivity index (χ3v) is 8.38. The van der Waals surface area contributed by atoms with E-state index in [2.05, 4.69) is 15.3 Å². The summed E-state index contributed by atoms with van der Waals surface area (Å²) in [6.07, 6.45) is 3.41. The number of hydrogen-bond donors (Lipinski definition) is 2. The molecule has 0 spiro atoms. The minimum atomic E-state index is -0.618. The number of carbonyl (C=O) groups is 1. The molecule has 1 amide bonds. The van der Waals surface area contributed by atoms with E-state index >= 15 is 0 Å². The van der Waals surface area contributed by atoms with Gasteiger partial charge in [0.15, 0.2) is 5.69 Å². The number of anilines is 1. The molecule has 2 aromatic rings. The summed E-state index contributed by atoms with van der Waals surface area (Å²) in [7, 11) is -0.618. The number of fused-ring (bicyclic) bond motifs is 1. The maximum Gasteiger partial charge on any atom is 0.496 e. The maximum absolute atomic E-state index is 13.2. The van der Waals surface area contributed by atoms with Crippen LogP contribution < -0.4 is 10.8 Å². The predicted molar refractivity (Wildman–Crippen MR) is 136 cm³/mol. The van der Waals surface area contributed by atoms with Crippen LogP contribution in [0.15, 0.2) is 24.3 Å². The lowest BCUT2D eigenvalue weighted by molar-refractivity contribution is 0.00578. The second kappa shape index (κ2) is 9.19. The molecule has 2 saturated heterocycles. The molecule has 0 aliphatic carbocycles. The van der Waals surface area contributed by atoms with Gasteiger partial charge in [-0.05, 0) is 65.5 Å². The first kappa shape index (κ1) is 24.8. The number of amides is 1. The first-order chi connectivity index (χ1) is 16.6. The molecule has 0 unspecified atom stereocenters. The fourth-order valence-electron chi connectivity index (χ4n) is 5.12. The van der Waals surface area contributed by atoms with Crippen LogP contribution in [0.2, 0.25) is 5.02 Å². The van der Waals surface area contributed by atoms with Crippen LogP contribution in [0.3, 0.4) is 0 Å². The van der Waals surface area contributed by atoms with E-state index in [0.29, 0.717) is 21.9 Å². The Kier molecular flexibility index (Phi) is 6.51. The Morgan fingerprint density at radius 1 is 1.14 bits per heavy atom. The van der Waals surface area contributed by atoms with Crippen LogP contribution in [0, 0.1) is 0 Å². The van der Waals surface area contributed by atoms with Crippen LogP contribution in [0.25, 0.3) is 0 Å². The minimum Gasteiger partial charge on any atom is -0.399 e. The minimum absolute atomic E-state index is 0.209. The molecule has 1 aromatic heterocycles. The average molecular weight is 501 g/mol. The predicted octanol–water partition coefficient (Wildman–Crippen LogP) is 3.38. The first-order valence-electron chi connectivity index (χ1n) is 12.5. The molecule has 3 aliphatic heterocycles. The number of aliphatic hydroxyl groups excluding tert-OH is 1. The van der Waals surface area contributed by atoms with Crippen molar-refractivity contribution in [1.29, 1.82) is 0 Å². The smallest absolute Gasteiger partial charge is 0.399 e. The molecular weight excluding hydrogens is 467 g/mol. The lowest BCUT2D eigenvalue weighted by Crippen LogP contribution is -2.41. The number of benzene rings is 1. The van der Waals surface area contributed by atoms with Crippen LogP contribution in [0.5, 0.6) is 0 Å². The fraction of sp³-hybridized carbons (Fsp3) is 0.600. The summed E-state index contributed by atoms with van der Waals surface area (Å²) in [6, 6.07) is 7.58. The Morgan fingerprint density at radius 2 is 1.83 bits per heavy atom. The van der Waals surface area contributed by atoms with Crippen molar-refractivity contribution in [2.45, 2.75) is 83.3 Å². The van der Waals surface area contributed by atoms with Crippen molar-refractivity contribution in [3.05, 3.63) is 40.7 Å². The number of halogens is 1. The van der Waals surface area contributed by atoms with Crippen molar-refractivity contribution >= 4 is 35.8 Å². The highest BCUT2D eigenvalue weighted by Crippen LogP contribution is 2.38. The Labute approximate surface area is 212 Å². The molecule has 1 aromatic carbocycles. The van der Waals surface area contributed by atoms with Crippen LogP contribution in [-0.2, 0) is 15.9 Å². The maximum atomic E-state index is 13.2. The SMILES string of the molecule is CC1(C)OB(c2cccc(NC(=O)c3cc4n(n3)CCC[C@H]4N3CCC(O)CC3)c2Cl)OC1(C)C. The van der Waals surface area contributed by atoms with E-state index in [9.17, 15) is 9.90 Å². The molecule has 10 heteroatoms. The zero-order chi connectivity index (χ0) is 25.0. The van der Waals surface area contributed by atoms with E-state index in [-0.39, 0.29) is 18.1 Å². The molecular formula is C25H34BClN4O4. The summed E-state index contributed by atoms with van der Waals surface area (Å²) in [6.45, 7) is 10.5. The molecule has 0 bridgehead atoms. The van der Waals surface area contributed by atoms with Gasteiger partial charge in [0.1, 0.15) is 0 Å². The Bertz CT molecular complexity index is 1100. The molecule has 8 nitrogen and oxygen atoms in total. The summed E-state index contributed by atoms with van der Waals surface area (Å²) in [4.78, 5) is 15.6. The third kappa shape index (κ3) is 4.65. The number of carbonyl (C=O) groups excluding carboxylic acids is 1. The van der Waals surface area contributed by atoms with Crippen LogP contribution in [0.4, 0.5) is 5.69 Å². The number of rotatable bonds is 4. The van der Waals surface area contributed by atoms with Gasteiger partial charge < -0.3 is 19.7 Å². The number of aromatic nitrogens is 2. The molecule has 3 aliphatic rings. The number of nitrogens with zero attached hydrogens (tertiary/aromatic N) is 3. The third-order valence-electron chi connectivity index (χ3n) is 7.96. The number of nitrogens with one attached hydrogen (secondary N) is 1. The molecule has 188 valence electrons. The number of hydrogen-bond acceptors (Lipinski definition) is 6. The van der Waals surface area contributed by atoms with Crippen molar-refractivity contribution < 1.29 is 19.2 Å². The molecule has 2 N–H and O–H groups in total. The number of aliphatic hydroxyl groups is 1. The lowest BCUT2D eigenvalue weighted by atomic mass is 9.79. The summed E-state index contributed by atoms with van der Waals surface area (Å²) in [5.41, 5.74) is 1.64. The van der Waals surface area contributed by atoms with Gasteiger partial charge in [-0.1, -0.05) is 23.7 Å².